The van der Waals surface area contributed by atoms with Crippen LogP contribution in [-0.4, -0.2) is 35.8 Å². The van der Waals surface area contributed by atoms with Gasteiger partial charge in [0.25, 0.3) is 0 Å². The van der Waals surface area contributed by atoms with Crippen molar-refractivity contribution >= 4 is 0 Å². The molecule has 1 N–H and O–H groups in total. The summed E-state index contributed by atoms with van der Waals surface area (Å²) >= 11 is 0. The molecule has 0 aliphatic heterocycles. The van der Waals surface area contributed by atoms with Crippen molar-refractivity contribution < 1.29 is 0 Å². The van der Waals surface area contributed by atoms with Crippen molar-refractivity contribution in [3.8, 4) is 0 Å². The monoisotopic (exact) mass is 233 g/mol. The van der Waals surface area contributed by atoms with Gasteiger partial charge < -0.3 is 9.88 Å². The number of hydrogen-bond donors (Lipinski definition) is 1. The first-order chi connectivity index (χ1) is 8.29. The summed E-state index contributed by atoms with van der Waals surface area (Å²) < 4.78 is 1.97. The SMILES string of the molecule is Cn1nnc(Cn2cnc(CNC3CC3)c2)n1. The van der Waals surface area contributed by atoms with Crippen molar-refractivity contribution in [2.24, 2.45) is 7.05 Å². The van der Waals surface area contributed by atoms with Gasteiger partial charge in [-0.15, -0.1) is 10.2 Å². The lowest BCUT2D eigenvalue weighted by molar-refractivity contribution is 0.625. The Morgan fingerprint density at radius 2 is 2.35 bits per heavy atom. The molecule has 1 aliphatic rings. The van der Waals surface area contributed by atoms with Crippen molar-refractivity contribution in [2.45, 2.75) is 32.0 Å². The van der Waals surface area contributed by atoms with Gasteiger partial charge >= 0.3 is 0 Å². The summed E-state index contributed by atoms with van der Waals surface area (Å²) in [5.41, 5.74) is 1.06. The van der Waals surface area contributed by atoms with Crippen LogP contribution in [0.5, 0.6) is 0 Å². The van der Waals surface area contributed by atoms with E-state index in [0.29, 0.717) is 18.4 Å². The molecular weight excluding hydrogens is 218 g/mol. The second-order valence-corrected chi connectivity index (χ2v) is 4.39. The molecule has 7 heteroatoms. The molecular formula is C10H15N7. The smallest absolute Gasteiger partial charge is 0.194 e. The van der Waals surface area contributed by atoms with E-state index >= 15 is 0 Å². The number of imidazole rings is 1. The fourth-order valence-corrected chi connectivity index (χ4v) is 1.67. The second kappa shape index (κ2) is 4.25. The third-order valence-electron chi connectivity index (χ3n) is 2.71. The number of aromatic nitrogens is 6. The molecule has 0 unspecified atom stereocenters. The van der Waals surface area contributed by atoms with E-state index in [2.05, 4.69) is 25.7 Å². The number of hydrogen-bond acceptors (Lipinski definition) is 5. The molecule has 0 radical (unpaired) electrons. The van der Waals surface area contributed by atoms with E-state index in [4.69, 9.17) is 0 Å². The summed E-state index contributed by atoms with van der Waals surface area (Å²) in [5, 5.41) is 15.3. The number of aryl methyl sites for hydroxylation is 1. The summed E-state index contributed by atoms with van der Waals surface area (Å²) in [7, 11) is 1.76. The standard InChI is InChI=1S/C10H15N7/c1-16-14-10(13-15-16)6-17-5-9(12-7-17)4-11-8-2-3-8/h5,7-8,11H,2-4,6H2,1H3. The maximum atomic E-state index is 4.34. The van der Waals surface area contributed by atoms with Gasteiger partial charge in [0.05, 0.1) is 25.6 Å². The zero-order chi connectivity index (χ0) is 11.7. The van der Waals surface area contributed by atoms with E-state index in [1.165, 1.54) is 17.6 Å². The molecule has 2 aromatic rings. The van der Waals surface area contributed by atoms with Crippen molar-refractivity contribution in [1.29, 1.82) is 0 Å². The summed E-state index contributed by atoms with van der Waals surface area (Å²) in [4.78, 5) is 5.80. The Balaban J connectivity index is 1.59. The maximum Gasteiger partial charge on any atom is 0.194 e. The van der Waals surface area contributed by atoms with Crippen molar-refractivity contribution in [3.05, 3.63) is 24.0 Å². The topological polar surface area (TPSA) is 73.5 Å². The molecule has 90 valence electrons. The van der Waals surface area contributed by atoms with Crippen LogP contribution in [0, 0.1) is 0 Å². The molecule has 2 aromatic heterocycles. The lowest BCUT2D eigenvalue weighted by atomic mass is 10.4. The average Bonchev–Trinajstić information content (AvgIpc) is 2.90. The van der Waals surface area contributed by atoms with E-state index in [9.17, 15) is 0 Å². The molecule has 1 saturated carbocycles. The Bertz CT molecular complexity index is 496. The molecule has 3 rings (SSSR count). The summed E-state index contributed by atoms with van der Waals surface area (Å²) in [5.74, 6) is 0.701. The van der Waals surface area contributed by atoms with Crippen LogP contribution in [0.4, 0.5) is 0 Å². The van der Waals surface area contributed by atoms with Crippen LogP contribution >= 0.6 is 0 Å². The highest BCUT2D eigenvalue weighted by molar-refractivity contribution is 4.99. The minimum Gasteiger partial charge on any atom is -0.329 e. The predicted molar refractivity (Wildman–Crippen MR) is 60.0 cm³/mol. The summed E-state index contributed by atoms with van der Waals surface area (Å²) in [6.07, 6.45) is 6.42. The van der Waals surface area contributed by atoms with Gasteiger partial charge in [0.1, 0.15) is 0 Å². The molecule has 2 heterocycles. The highest BCUT2D eigenvalue weighted by Crippen LogP contribution is 2.18. The molecule has 17 heavy (non-hydrogen) atoms. The number of rotatable bonds is 5. The highest BCUT2D eigenvalue weighted by atomic mass is 15.6. The normalized spacial score (nSPS) is 15.4. The van der Waals surface area contributed by atoms with Gasteiger partial charge in [-0.2, -0.15) is 4.80 Å². The second-order valence-electron chi connectivity index (χ2n) is 4.39. The lowest BCUT2D eigenvalue weighted by Crippen LogP contribution is -2.15. The third kappa shape index (κ3) is 2.68. The Labute approximate surface area is 98.8 Å². The van der Waals surface area contributed by atoms with Crippen LogP contribution in [-0.2, 0) is 20.1 Å². The molecule has 0 spiro atoms. The van der Waals surface area contributed by atoms with E-state index < -0.39 is 0 Å². The van der Waals surface area contributed by atoms with E-state index in [1.54, 1.807) is 13.4 Å². The Kier molecular flexibility index (Phi) is 2.60. The number of tetrazole rings is 1. The first kappa shape index (κ1) is 10.4. The van der Waals surface area contributed by atoms with Gasteiger partial charge in [0.2, 0.25) is 0 Å². The van der Waals surface area contributed by atoms with Gasteiger partial charge in [-0.1, -0.05) is 0 Å². The molecule has 0 aromatic carbocycles. The summed E-state index contributed by atoms with van der Waals surface area (Å²) in [6, 6.07) is 0.710. The van der Waals surface area contributed by atoms with E-state index in [0.717, 1.165) is 12.2 Å². The first-order valence-electron chi connectivity index (χ1n) is 5.76. The minimum atomic E-state index is 0.615. The van der Waals surface area contributed by atoms with Gasteiger partial charge in [-0.25, -0.2) is 4.98 Å². The van der Waals surface area contributed by atoms with Crippen LogP contribution in [0.3, 0.4) is 0 Å². The Morgan fingerprint density at radius 1 is 1.47 bits per heavy atom. The largest absolute Gasteiger partial charge is 0.329 e. The van der Waals surface area contributed by atoms with E-state index in [-0.39, 0.29) is 0 Å². The Morgan fingerprint density at radius 3 is 3.06 bits per heavy atom. The molecule has 0 saturated heterocycles. The zero-order valence-electron chi connectivity index (χ0n) is 9.74. The van der Waals surface area contributed by atoms with Crippen LogP contribution in [0.1, 0.15) is 24.4 Å². The van der Waals surface area contributed by atoms with Crippen molar-refractivity contribution in [3.63, 3.8) is 0 Å². The molecule has 1 aliphatic carbocycles. The van der Waals surface area contributed by atoms with Gasteiger partial charge in [0.15, 0.2) is 5.82 Å². The van der Waals surface area contributed by atoms with Gasteiger partial charge in [-0.3, -0.25) is 0 Å². The number of nitrogens with one attached hydrogen (secondary N) is 1. The van der Waals surface area contributed by atoms with Crippen LogP contribution in [0.2, 0.25) is 0 Å². The van der Waals surface area contributed by atoms with Gasteiger partial charge in [-0.05, 0) is 18.1 Å². The van der Waals surface area contributed by atoms with Gasteiger partial charge in [0, 0.05) is 18.8 Å². The zero-order valence-corrected chi connectivity index (χ0v) is 9.74. The van der Waals surface area contributed by atoms with Crippen LogP contribution < -0.4 is 5.32 Å². The molecule has 0 amide bonds. The lowest BCUT2D eigenvalue weighted by Gasteiger charge is -1.98. The predicted octanol–water partition coefficient (Wildman–Crippen LogP) is -0.293. The van der Waals surface area contributed by atoms with Crippen molar-refractivity contribution in [2.75, 3.05) is 0 Å². The third-order valence-corrected chi connectivity index (χ3v) is 2.71. The van der Waals surface area contributed by atoms with E-state index in [1.807, 2.05) is 10.8 Å². The highest BCUT2D eigenvalue weighted by Gasteiger charge is 2.20. The molecule has 7 nitrogen and oxygen atoms in total. The molecule has 1 fully saturated rings. The fraction of sp³-hybridized carbons (Fsp3) is 0.600. The van der Waals surface area contributed by atoms with Crippen LogP contribution in [0.15, 0.2) is 12.5 Å². The van der Waals surface area contributed by atoms with Crippen molar-refractivity contribution in [1.82, 2.24) is 35.1 Å². The molecule has 0 bridgehead atoms. The molecule has 0 atom stereocenters. The van der Waals surface area contributed by atoms with Crippen LogP contribution in [0.25, 0.3) is 0 Å². The quantitative estimate of drug-likeness (QED) is 0.768. The fourth-order valence-electron chi connectivity index (χ4n) is 1.67. The number of nitrogens with zero attached hydrogens (tertiary/aromatic N) is 6. The first-order valence-corrected chi connectivity index (χ1v) is 5.76. The maximum absolute atomic E-state index is 4.34. The Hall–Kier alpha value is -1.76. The minimum absolute atomic E-state index is 0.615. The summed E-state index contributed by atoms with van der Waals surface area (Å²) in [6.45, 7) is 1.45. The average molecular weight is 233 g/mol.